The van der Waals surface area contributed by atoms with E-state index in [4.69, 9.17) is 0 Å². The van der Waals surface area contributed by atoms with Crippen molar-refractivity contribution in [2.24, 2.45) is 5.41 Å². The maximum Gasteiger partial charge on any atom is 0.182 e. The fourth-order valence-electron chi connectivity index (χ4n) is 3.20. The van der Waals surface area contributed by atoms with Gasteiger partial charge in [0.25, 0.3) is 0 Å². The van der Waals surface area contributed by atoms with Crippen molar-refractivity contribution in [1.29, 1.82) is 0 Å². The van der Waals surface area contributed by atoms with Crippen molar-refractivity contribution in [3.05, 3.63) is 30.1 Å². The highest BCUT2D eigenvalue weighted by Crippen LogP contribution is 2.42. The van der Waals surface area contributed by atoms with Gasteiger partial charge in [-0.2, -0.15) is 0 Å². The van der Waals surface area contributed by atoms with Crippen LogP contribution >= 0.6 is 0 Å². The third kappa shape index (κ3) is 3.29. The topological polar surface area (TPSA) is 46.2 Å². The van der Waals surface area contributed by atoms with Crippen LogP contribution in [0.15, 0.2) is 29.2 Å². The van der Waals surface area contributed by atoms with Gasteiger partial charge in [-0.05, 0) is 49.4 Å². The maximum atomic E-state index is 13.4. The molecule has 1 fully saturated rings. The van der Waals surface area contributed by atoms with Gasteiger partial charge in [0, 0.05) is 6.04 Å². The fourth-order valence-corrected chi connectivity index (χ4v) is 5.35. The zero-order valence-corrected chi connectivity index (χ0v) is 13.7. The monoisotopic (exact) mass is 313 g/mol. The number of benzene rings is 1. The molecule has 1 saturated carbocycles. The van der Waals surface area contributed by atoms with Crippen LogP contribution in [0.3, 0.4) is 0 Å². The normalized spacial score (nSPS) is 25.1. The summed E-state index contributed by atoms with van der Waals surface area (Å²) < 4.78 is 39.0. The summed E-state index contributed by atoms with van der Waals surface area (Å²) in [6, 6.07) is 5.24. The van der Waals surface area contributed by atoms with Crippen molar-refractivity contribution in [2.45, 2.75) is 56.2 Å². The molecule has 0 spiro atoms. The summed E-state index contributed by atoms with van der Waals surface area (Å²) in [6.45, 7) is 7.05. The first kappa shape index (κ1) is 16.4. The number of hydrogen-bond donors (Lipinski definition) is 1. The van der Waals surface area contributed by atoms with Crippen molar-refractivity contribution in [2.75, 3.05) is 6.54 Å². The molecular formula is C16H24FNO2S. The summed E-state index contributed by atoms with van der Waals surface area (Å²) in [4.78, 5) is 0.0912. The van der Waals surface area contributed by atoms with Gasteiger partial charge in [0.15, 0.2) is 9.84 Å². The summed E-state index contributed by atoms with van der Waals surface area (Å²) in [5.74, 6) is -0.508. The van der Waals surface area contributed by atoms with E-state index in [2.05, 4.69) is 26.1 Å². The Morgan fingerprint density at radius 2 is 2.10 bits per heavy atom. The molecule has 2 rings (SSSR count). The molecule has 1 aromatic carbocycles. The molecular weight excluding hydrogens is 289 g/mol. The van der Waals surface area contributed by atoms with E-state index in [1.165, 1.54) is 18.2 Å². The van der Waals surface area contributed by atoms with E-state index < -0.39 is 20.9 Å². The Labute approximate surface area is 126 Å². The molecule has 0 radical (unpaired) electrons. The highest BCUT2D eigenvalue weighted by atomic mass is 32.2. The average Bonchev–Trinajstić information content (AvgIpc) is 2.72. The first-order valence-electron chi connectivity index (χ1n) is 7.52. The molecule has 0 aliphatic heterocycles. The lowest BCUT2D eigenvalue weighted by atomic mass is 9.87. The minimum absolute atomic E-state index is 0.0692. The predicted octanol–water partition coefficient (Wildman–Crippen LogP) is 3.16. The lowest BCUT2D eigenvalue weighted by Gasteiger charge is -2.31. The largest absolute Gasteiger partial charge is 0.312 e. The van der Waals surface area contributed by atoms with Crippen molar-refractivity contribution in [3.8, 4) is 0 Å². The highest BCUT2D eigenvalue weighted by Gasteiger charge is 2.47. The maximum absolute atomic E-state index is 13.4. The van der Waals surface area contributed by atoms with Crippen LogP contribution in [0.25, 0.3) is 0 Å². The van der Waals surface area contributed by atoms with E-state index in [1.54, 1.807) is 0 Å². The minimum Gasteiger partial charge on any atom is -0.312 e. The van der Waals surface area contributed by atoms with Gasteiger partial charge in [-0.25, -0.2) is 12.8 Å². The van der Waals surface area contributed by atoms with E-state index in [0.717, 1.165) is 25.5 Å². The molecule has 118 valence electrons. The first-order chi connectivity index (χ1) is 9.79. The van der Waals surface area contributed by atoms with Crippen LogP contribution in [0.1, 0.15) is 40.0 Å². The van der Waals surface area contributed by atoms with Crippen LogP contribution < -0.4 is 5.32 Å². The highest BCUT2D eigenvalue weighted by molar-refractivity contribution is 7.92. The number of sulfone groups is 1. The van der Waals surface area contributed by atoms with Crippen molar-refractivity contribution >= 4 is 9.84 Å². The molecule has 1 N–H and O–H groups in total. The van der Waals surface area contributed by atoms with E-state index in [9.17, 15) is 12.8 Å². The summed E-state index contributed by atoms with van der Waals surface area (Å²) in [5.41, 5.74) is -0.0692. The summed E-state index contributed by atoms with van der Waals surface area (Å²) in [5, 5.41) is 2.90. The third-order valence-corrected chi connectivity index (χ3v) is 6.64. The van der Waals surface area contributed by atoms with E-state index in [0.29, 0.717) is 6.42 Å². The van der Waals surface area contributed by atoms with Crippen molar-refractivity contribution in [3.63, 3.8) is 0 Å². The van der Waals surface area contributed by atoms with Gasteiger partial charge in [0.2, 0.25) is 0 Å². The Kier molecular flexibility index (Phi) is 4.73. The molecule has 0 heterocycles. The molecule has 5 heteroatoms. The summed E-state index contributed by atoms with van der Waals surface area (Å²) in [7, 11) is -3.51. The van der Waals surface area contributed by atoms with Crippen molar-refractivity contribution < 1.29 is 12.8 Å². The van der Waals surface area contributed by atoms with E-state index in [1.807, 2.05) is 0 Å². The summed E-state index contributed by atoms with van der Waals surface area (Å²) >= 11 is 0. The molecule has 1 aliphatic carbocycles. The molecule has 3 nitrogen and oxygen atoms in total. The minimum atomic E-state index is -3.51. The molecule has 0 saturated heterocycles. The molecule has 0 bridgehead atoms. The zero-order valence-electron chi connectivity index (χ0n) is 12.9. The van der Waals surface area contributed by atoms with Crippen LogP contribution in [0, 0.1) is 11.2 Å². The van der Waals surface area contributed by atoms with Gasteiger partial charge in [-0.3, -0.25) is 0 Å². The number of halogens is 1. The van der Waals surface area contributed by atoms with Gasteiger partial charge >= 0.3 is 0 Å². The molecule has 0 aromatic heterocycles. The number of hydrogen-bond acceptors (Lipinski definition) is 3. The van der Waals surface area contributed by atoms with Gasteiger partial charge in [0.05, 0.1) is 10.1 Å². The second kappa shape index (κ2) is 6.05. The van der Waals surface area contributed by atoms with Gasteiger partial charge < -0.3 is 5.32 Å². The van der Waals surface area contributed by atoms with E-state index in [-0.39, 0.29) is 16.4 Å². The fraction of sp³-hybridized carbons (Fsp3) is 0.625. The van der Waals surface area contributed by atoms with Crippen LogP contribution in [-0.2, 0) is 9.84 Å². The Morgan fingerprint density at radius 3 is 2.71 bits per heavy atom. The average molecular weight is 313 g/mol. The Bertz CT molecular complexity index is 598. The Hall–Kier alpha value is -0.940. The van der Waals surface area contributed by atoms with Crippen LogP contribution in [0.5, 0.6) is 0 Å². The standard InChI is InChI=1S/C16H24FNO2S/c1-4-10-18-15-14(8-9-16(15,2)3)21(19,20)13-7-5-6-12(17)11-13/h5-7,11,14-15,18H,4,8-10H2,1-3H3. The molecule has 2 atom stereocenters. The molecule has 0 amide bonds. The molecule has 1 aromatic rings. The lowest BCUT2D eigenvalue weighted by molar-refractivity contribution is 0.285. The second-order valence-electron chi connectivity index (χ2n) is 6.50. The smallest absolute Gasteiger partial charge is 0.182 e. The van der Waals surface area contributed by atoms with Crippen LogP contribution in [0.4, 0.5) is 4.39 Å². The number of rotatable bonds is 5. The van der Waals surface area contributed by atoms with Gasteiger partial charge in [-0.1, -0.05) is 26.8 Å². The lowest BCUT2D eigenvalue weighted by Crippen LogP contribution is -2.47. The molecule has 21 heavy (non-hydrogen) atoms. The predicted molar refractivity (Wildman–Crippen MR) is 82.5 cm³/mol. The zero-order chi connectivity index (χ0) is 15.7. The Morgan fingerprint density at radius 1 is 1.38 bits per heavy atom. The van der Waals surface area contributed by atoms with Crippen LogP contribution in [-0.4, -0.2) is 26.3 Å². The summed E-state index contributed by atoms with van der Waals surface area (Å²) in [6.07, 6.45) is 2.43. The Balaban J connectivity index is 2.34. The van der Waals surface area contributed by atoms with Gasteiger partial charge in [0.1, 0.15) is 5.82 Å². The van der Waals surface area contributed by atoms with Crippen LogP contribution in [0.2, 0.25) is 0 Å². The first-order valence-corrected chi connectivity index (χ1v) is 9.06. The number of nitrogens with one attached hydrogen (secondary N) is 1. The molecule has 1 aliphatic rings. The molecule has 2 unspecified atom stereocenters. The third-order valence-electron chi connectivity index (χ3n) is 4.42. The SMILES string of the molecule is CCCNC1C(S(=O)(=O)c2cccc(F)c2)CCC1(C)C. The van der Waals surface area contributed by atoms with Gasteiger partial charge in [-0.15, -0.1) is 0 Å². The van der Waals surface area contributed by atoms with E-state index >= 15 is 0 Å². The van der Waals surface area contributed by atoms with Crippen molar-refractivity contribution in [1.82, 2.24) is 5.32 Å². The second-order valence-corrected chi connectivity index (χ2v) is 8.67. The quantitative estimate of drug-likeness (QED) is 0.908.